The molecular weight excluding hydrogens is 254 g/mol. The van der Waals surface area contributed by atoms with Crippen LogP contribution in [0.5, 0.6) is 0 Å². The zero-order chi connectivity index (χ0) is 15.6. The minimum absolute atomic E-state index is 0.987. The Morgan fingerprint density at radius 1 is 0.952 bits per heavy atom. The van der Waals surface area contributed by atoms with Crippen LogP contribution in [0.2, 0.25) is 0 Å². The summed E-state index contributed by atoms with van der Waals surface area (Å²) in [4.78, 5) is 4.50. The van der Waals surface area contributed by atoms with Gasteiger partial charge in [0.15, 0.2) is 0 Å². The summed E-state index contributed by atoms with van der Waals surface area (Å²) in [5, 5.41) is 0. The van der Waals surface area contributed by atoms with Gasteiger partial charge < -0.3 is 0 Å². The normalized spacial score (nSPS) is 11.1. The van der Waals surface area contributed by atoms with E-state index in [2.05, 4.69) is 69.6 Å². The Bertz CT molecular complexity index is 721. The van der Waals surface area contributed by atoms with Crippen molar-refractivity contribution in [1.29, 1.82) is 0 Å². The van der Waals surface area contributed by atoms with Crippen molar-refractivity contribution in [3.63, 3.8) is 0 Å². The maximum Gasteiger partial charge on any atom is 0.0706 e. The third-order valence-corrected chi connectivity index (χ3v) is 3.88. The quantitative estimate of drug-likeness (QED) is 0.638. The van der Waals surface area contributed by atoms with Gasteiger partial charge in [-0.2, -0.15) is 0 Å². The van der Waals surface area contributed by atoms with E-state index in [0.717, 1.165) is 16.8 Å². The van der Waals surface area contributed by atoms with Crippen molar-refractivity contribution in [2.45, 2.75) is 34.6 Å². The lowest BCUT2D eigenvalue weighted by atomic mass is 9.90. The molecule has 0 aromatic heterocycles. The number of benzene rings is 2. The molecule has 0 saturated heterocycles. The first kappa shape index (κ1) is 15.2. The molecule has 21 heavy (non-hydrogen) atoms. The first-order chi connectivity index (χ1) is 9.93. The van der Waals surface area contributed by atoms with Gasteiger partial charge in [-0.05, 0) is 68.5 Å². The second kappa shape index (κ2) is 6.09. The average molecular weight is 277 g/mol. The number of hydrogen-bond donors (Lipinski definition) is 0. The highest BCUT2D eigenvalue weighted by Gasteiger charge is 2.11. The van der Waals surface area contributed by atoms with Crippen molar-refractivity contribution in [1.82, 2.24) is 0 Å². The van der Waals surface area contributed by atoms with Crippen LogP contribution in [-0.2, 0) is 0 Å². The Morgan fingerprint density at radius 3 is 2.33 bits per heavy atom. The Labute approximate surface area is 128 Å². The summed E-state index contributed by atoms with van der Waals surface area (Å²) in [6.45, 7) is 14.8. The van der Waals surface area contributed by atoms with Gasteiger partial charge in [0.05, 0.1) is 5.69 Å². The van der Waals surface area contributed by atoms with E-state index in [1.165, 1.54) is 27.8 Å². The molecule has 0 aliphatic heterocycles. The second-order valence-corrected chi connectivity index (χ2v) is 5.64. The highest BCUT2D eigenvalue weighted by molar-refractivity contribution is 5.86. The molecule has 0 radical (unpaired) electrons. The first-order valence-corrected chi connectivity index (χ1v) is 7.31. The molecule has 108 valence electrons. The predicted octanol–water partition coefficient (Wildman–Crippen LogP) is 5.70. The van der Waals surface area contributed by atoms with E-state index in [1.807, 2.05) is 13.1 Å². The lowest BCUT2D eigenvalue weighted by Crippen LogP contribution is -1.95. The molecular formula is C20H23N. The van der Waals surface area contributed by atoms with E-state index in [1.54, 1.807) is 0 Å². The number of aliphatic imine (C=N–C) groups is 1. The molecule has 2 rings (SSSR count). The number of aryl methyl sites for hydroxylation is 3. The monoisotopic (exact) mass is 277 g/mol. The standard InChI is InChI=1S/C20H23N/c1-7-21-20-12-13(2)8-9-18(20)17(6)19-11-14(3)10-15(4)16(19)5/h7-12H,6H2,1-5H3/b21-7-. The average Bonchev–Trinajstić information content (AvgIpc) is 2.43. The van der Waals surface area contributed by atoms with Crippen LogP contribution < -0.4 is 0 Å². The topological polar surface area (TPSA) is 12.4 Å². The largest absolute Gasteiger partial charge is 0.261 e. The van der Waals surface area contributed by atoms with Crippen LogP contribution in [0.1, 0.15) is 40.3 Å². The van der Waals surface area contributed by atoms with Crippen LogP contribution in [0.4, 0.5) is 5.69 Å². The maximum absolute atomic E-state index is 4.50. The summed E-state index contributed by atoms with van der Waals surface area (Å²) in [6, 6.07) is 10.8. The number of hydrogen-bond acceptors (Lipinski definition) is 1. The molecule has 2 aromatic rings. The smallest absolute Gasteiger partial charge is 0.0706 e. The molecule has 0 bridgehead atoms. The van der Waals surface area contributed by atoms with Crippen LogP contribution in [0.15, 0.2) is 41.9 Å². The SMILES string of the molecule is C=C(c1ccc(C)cc1/N=C\C)c1cc(C)cc(C)c1C. The van der Waals surface area contributed by atoms with E-state index in [0.29, 0.717) is 0 Å². The Morgan fingerprint density at radius 2 is 1.67 bits per heavy atom. The van der Waals surface area contributed by atoms with E-state index in [-0.39, 0.29) is 0 Å². The molecule has 0 aliphatic carbocycles. The van der Waals surface area contributed by atoms with Gasteiger partial charge in [0, 0.05) is 11.8 Å². The van der Waals surface area contributed by atoms with Crippen molar-refractivity contribution in [3.05, 3.63) is 70.3 Å². The third kappa shape index (κ3) is 3.13. The molecule has 1 nitrogen and oxygen atoms in total. The van der Waals surface area contributed by atoms with Gasteiger partial charge >= 0.3 is 0 Å². The minimum atomic E-state index is 0.987. The Kier molecular flexibility index (Phi) is 4.42. The van der Waals surface area contributed by atoms with Crippen LogP contribution in [0.25, 0.3) is 5.57 Å². The van der Waals surface area contributed by atoms with Gasteiger partial charge in [-0.25, -0.2) is 0 Å². The molecule has 0 saturated carbocycles. The molecule has 0 N–H and O–H groups in total. The van der Waals surface area contributed by atoms with Crippen molar-refractivity contribution in [2.75, 3.05) is 0 Å². The van der Waals surface area contributed by atoms with E-state index < -0.39 is 0 Å². The van der Waals surface area contributed by atoms with Gasteiger partial charge in [-0.1, -0.05) is 36.4 Å². The second-order valence-electron chi connectivity index (χ2n) is 5.64. The zero-order valence-electron chi connectivity index (χ0n) is 13.6. The van der Waals surface area contributed by atoms with E-state index in [4.69, 9.17) is 0 Å². The Hall–Kier alpha value is -2.15. The summed E-state index contributed by atoms with van der Waals surface area (Å²) in [5.74, 6) is 0. The van der Waals surface area contributed by atoms with E-state index in [9.17, 15) is 0 Å². The van der Waals surface area contributed by atoms with E-state index >= 15 is 0 Å². The van der Waals surface area contributed by atoms with Crippen LogP contribution in [-0.4, -0.2) is 6.21 Å². The zero-order valence-corrected chi connectivity index (χ0v) is 13.6. The van der Waals surface area contributed by atoms with Crippen LogP contribution in [0.3, 0.4) is 0 Å². The molecule has 0 amide bonds. The fraction of sp³-hybridized carbons (Fsp3) is 0.250. The van der Waals surface area contributed by atoms with Crippen LogP contribution in [0, 0.1) is 27.7 Å². The van der Waals surface area contributed by atoms with Gasteiger partial charge in [-0.3, -0.25) is 4.99 Å². The molecule has 0 heterocycles. The fourth-order valence-corrected chi connectivity index (χ4v) is 2.64. The van der Waals surface area contributed by atoms with Crippen molar-refractivity contribution in [2.24, 2.45) is 4.99 Å². The molecule has 0 spiro atoms. The van der Waals surface area contributed by atoms with Crippen molar-refractivity contribution >= 4 is 17.5 Å². The molecule has 0 aliphatic rings. The van der Waals surface area contributed by atoms with Crippen molar-refractivity contribution in [3.8, 4) is 0 Å². The summed E-state index contributed by atoms with van der Waals surface area (Å²) >= 11 is 0. The fourth-order valence-electron chi connectivity index (χ4n) is 2.64. The first-order valence-electron chi connectivity index (χ1n) is 7.31. The lowest BCUT2D eigenvalue weighted by molar-refractivity contribution is 1.27. The summed E-state index contributed by atoms with van der Waals surface area (Å²) in [5.41, 5.74) is 9.42. The summed E-state index contributed by atoms with van der Waals surface area (Å²) < 4.78 is 0. The summed E-state index contributed by atoms with van der Waals surface area (Å²) in [6.07, 6.45) is 1.83. The molecule has 1 heteroatoms. The van der Waals surface area contributed by atoms with Crippen LogP contribution >= 0.6 is 0 Å². The highest BCUT2D eigenvalue weighted by Crippen LogP contribution is 2.33. The summed E-state index contributed by atoms with van der Waals surface area (Å²) in [7, 11) is 0. The molecule has 0 unspecified atom stereocenters. The molecule has 0 fully saturated rings. The molecule has 2 aromatic carbocycles. The van der Waals surface area contributed by atoms with Gasteiger partial charge in [0.2, 0.25) is 0 Å². The third-order valence-electron chi connectivity index (χ3n) is 3.88. The lowest BCUT2D eigenvalue weighted by Gasteiger charge is -2.15. The number of nitrogens with zero attached hydrogens (tertiary/aromatic N) is 1. The predicted molar refractivity (Wildman–Crippen MR) is 93.8 cm³/mol. The highest BCUT2D eigenvalue weighted by atomic mass is 14.7. The number of rotatable bonds is 3. The van der Waals surface area contributed by atoms with Gasteiger partial charge in [-0.15, -0.1) is 0 Å². The maximum atomic E-state index is 4.50. The Balaban J connectivity index is 2.60. The van der Waals surface area contributed by atoms with Gasteiger partial charge in [0.1, 0.15) is 0 Å². The van der Waals surface area contributed by atoms with Crippen molar-refractivity contribution < 1.29 is 0 Å². The van der Waals surface area contributed by atoms with Gasteiger partial charge in [0.25, 0.3) is 0 Å². The molecule has 0 atom stereocenters. The minimum Gasteiger partial charge on any atom is -0.261 e.